The minimum absolute atomic E-state index is 0.0425. The van der Waals surface area contributed by atoms with Gasteiger partial charge in [-0.1, -0.05) is 18.2 Å². The average Bonchev–Trinajstić information content (AvgIpc) is 2.86. The van der Waals surface area contributed by atoms with Gasteiger partial charge >= 0.3 is 12.1 Å². The number of aliphatic imine (C=N–C) groups is 1. The van der Waals surface area contributed by atoms with E-state index in [1.807, 2.05) is 6.07 Å². The van der Waals surface area contributed by atoms with Crippen LogP contribution >= 0.6 is 0 Å². The molecular weight excluding hydrogens is 477 g/mol. The Hall–Kier alpha value is -4.86. The molecule has 0 aliphatic heterocycles. The Labute approximate surface area is 203 Å². The number of nitrogens with two attached hydrogens (primary N) is 1. The highest BCUT2D eigenvalue weighted by molar-refractivity contribution is 6.37. The summed E-state index contributed by atoms with van der Waals surface area (Å²) in [5, 5.41) is 24.6. The van der Waals surface area contributed by atoms with Gasteiger partial charge in [-0.15, -0.1) is 0 Å². The van der Waals surface area contributed by atoms with Crippen LogP contribution in [-0.4, -0.2) is 44.5 Å². The molecule has 0 fully saturated rings. The lowest BCUT2D eigenvalue weighted by molar-refractivity contribution is -0.141. The van der Waals surface area contributed by atoms with Gasteiger partial charge < -0.3 is 16.3 Å². The van der Waals surface area contributed by atoms with Crippen molar-refractivity contribution in [3.8, 4) is 17.3 Å². The number of carboxylic acid groups (broad SMARTS) is 1. The maximum absolute atomic E-state index is 12.9. The molecule has 0 saturated heterocycles. The lowest BCUT2D eigenvalue weighted by atomic mass is 10.1. The first-order valence-corrected chi connectivity index (χ1v) is 10.4. The maximum atomic E-state index is 12.9. The number of rotatable bonds is 9. The molecule has 36 heavy (non-hydrogen) atoms. The normalized spacial score (nSPS) is 11.9. The van der Waals surface area contributed by atoms with E-state index in [2.05, 4.69) is 30.4 Å². The van der Waals surface area contributed by atoms with E-state index in [1.165, 1.54) is 18.3 Å². The number of pyridine rings is 1. The van der Waals surface area contributed by atoms with Crippen LogP contribution in [0, 0.1) is 11.3 Å². The number of hydrazone groups is 1. The molecule has 1 aromatic carbocycles. The van der Waals surface area contributed by atoms with Crippen molar-refractivity contribution in [2.24, 2.45) is 15.9 Å². The van der Waals surface area contributed by atoms with Gasteiger partial charge in [-0.05, 0) is 30.3 Å². The molecular formula is C23H19F3N8O2. The van der Waals surface area contributed by atoms with Crippen LogP contribution in [0.15, 0.2) is 58.6 Å². The van der Waals surface area contributed by atoms with E-state index in [9.17, 15) is 23.2 Å². The topological polar surface area (TPSA) is 163 Å². The van der Waals surface area contributed by atoms with Gasteiger partial charge in [0.2, 0.25) is 5.95 Å². The fourth-order valence-electron chi connectivity index (χ4n) is 2.95. The molecule has 0 aliphatic rings. The van der Waals surface area contributed by atoms with Crippen molar-refractivity contribution < 1.29 is 23.1 Å². The number of nitrogens with one attached hydrogen (secondary N) is 1. The molecule has 4 N–H and O–H groups in total. The van der Waals surface area contributed by atoms with Crippen LogP contribution in [0.2, 0.25) is 0 Å². The minimum atomic E-state index is -4.58. The van der Waals surface area contributed by atoms with Crippen molar-refractivity contribution in [2.75, 3.05) is 11.9 Å². The largest absolute Gasteiger partial charge is 0.481 e. The number of benzene rings is 1. The number of hydrogen-bond acceptors (Lipinski definition) is 9. The van der Waals surface area contributed by atoms with Crippen LogP contribution in [0.5, 0.6) is 0 Å². The molecule has 0 radical (unpaired) electrons. The molecule has 0 bridgehead atoms. The van der Waals surface area contributed by atoms with Gasteiger partial charge in [-0.2, -0.15) is 23.5 Å². The lowest BCUT2D eigenvalue weighted by Gasteiger charge is -2.10. The summed E-state index contributed by atoms with van der Waals surface area (Å²) in [7, 11) is 0. The Morgan fingerprint density at radius 3 is 2.64 bits per heavy atom. The summed E-state index contributed by atoms with van der Waals surface area (Å²) in [6.45, 7) is -0.129. The first-order valence-electron chi connectivity index (χ1n) is 10.4. The number of anilines is 1. The van der Waals surface area contributed by atoms with Crippen molar-refractivity contribution in [3.05, 3.63) is 71.2 Å². The number of alkyl halides is 3. The third kappa shape index (κ3) is 7.07. The Morgan fingerprint density at radius 1 is 1.17 bits per heavy atom. The molecule has 184 valence electrons. The fraction of sp³-hybridized carbons (Fsp3) is 0.174. The summed E-state index contributed by atoms with van der Waals surface area (Å²) in [5.74, 6) is 4.59. The Bertz CT molecular complexity index is 1350. The molecule has 3 rings (SSSR count). The van der Waals surface area contributed by atoms with Crippen LogP contribution in [0.3, 0.4) is 0 Å². The van der Waals surface area contributed by atoms with Crippen molar-refractivity contribution in [2.45, 2.75) is 19.1 Å². The molecule has 0 spiro atoms. The highest BCUT2D eigenvalue weighted by Gasteiger charge is 2.32. The molecule has 0 aliphatic carbocycles. The van der Waals surface area contributed by atoms with Gasteiger partial charge in [0.05, 0.1) is 47.9 Å². The van der Waals surface area contributed by atoms with Crippen LogP contribution in [0.1, 0.15) is 29.1 Å². The average molecular weight is 496 g/mol. The molecule has 10 nitrogen and oxygen atoms in total. The van der Waals surface area contributed by atoms with Gasteiger partial charge in [0.1, 0.15) is 11.4 Å². The number of carbonyl (C=O) groups is 1. The fourth-order valence-corrected chi connectivity index (χ4v) is 2.95. The molecule has 0 amide bonds. The van der Waals surface area contributed by atoms with Crippen molar-refractivity contribution >= 4 is 23.8 Å². The van der Waals surface area contributed by atoms with Crippen LogP contribution in [0.4, 0.5) is 19.1 Å². The SMILES string of the molecule is N#Cc1cccc(-c2cc(/C(C=NCc3cccc(C(F)(F)F)n3)=N/N)nc(NCCC(=O)O)n2)c1. The molecule has 2 heterocycles. The van der Waals surface area contributed by atoms with Crippen LogP contribution in [-0.2, 0) is 17.5 Å². The number of hydrogen-bond donors (Lipinski definition) is 3. The Kier molecular flexibility index (Phi) is 8.24. The van der Waals surface area contributed by atoms with Crippen LogP contribution in [0.25, 0.3) is 11.3 Å². The summed E-state index contributed by atoms with van der Waals surface area (Å²) in [4.78, 5) is 27.2. The monoisotopic (exact) mass is 496 g/mol. The zero-order valence-corrected chi connectivity index (χ0v) is 18.6. The second-order valence-corrected chi connectivity index (χ2v) is 7.22. The smallest absolute Gasteiger partial charge is 0.433 e. The summed E-state index contributed by atoms with van der Waals surface area (Å²) >= 11 is 0. The predicted octanol–water partition coefficient (Wildman–Crippen LogP) is 3.25. The number of nitriles is 1. The van der Waals surface area contributed by atoms with E-state index in [4.69, 9.17) is 10.9 Å². The Morgan fingerprint density at radius 2 is 1.94 bits per heavy atom. The van der Waals surface area contributed by atoms with E-state index in [0.29, 0.717) is 16.8 Å². The number of aliphatic carboxylic acids is 1. The lowest BCUT2D eigenvalue weighted by Crippen LogP contribution is -2.14. The maximum Gasteiger partial charge on any atom is 0.433 e. The first-order chi connectivity index (χ1) is 17.2. The highest BCUT2D eigenvalue weighted by Crippen LogP contribution is 2.27. The van der Waals surface area contributed by atoms with Gasteiger partial charge in [-0.25, -0.2) is 15.0 Å². The third-order valence-electron chi connectivity index (χ3n) is 4.60. The summed E-state index contributed by atoms with van der Waals surface area (Å²) in [6.07, 6.45) is -3.52. The molecule has 13 heteroatoms. The van der Waals surface area contributed by atoms with Gasteiger partial charge in [-0.3, -0.25) is 9.79 Å². The molecule has 3 aromatic rings. The molecule has 2 aromatic heterocycles. The number of aromatic nitrogens is 3. The first kappa shape index (κ1) is 25.8. The quantitative estimate of drug-likeness (QED) is 0.231. The number of nitrogens with zero attached hydrogens (tertiary/aromatic N) is 6. The van der Waals surface area contributed by atoms with Gasteiger partial charge in [0, 0.05) is 12.1 Å². The second-order valence-electron chi connectivity index (χ2n) is 7.22. The summed E-state index contributed by atoms with van der Waals surface area (Å²) in [5.41, 5.74) is 0.734. The number of carboxylic acids is 1. The highest BCUT2D eigenvalue weighted by atomic mass is 19.4. The predicted molar refractivity (Wildman–Crippen MR) is 125 cm³/mol. The van der Waals surface area contributed by atoms with Gasteiger partial charge in [0.25, 0.3) is 0 Å². The van der Waals surface area contributed by atoms with Crippen molar-refractivity contribution in [1.82, 2.24) is 15.0 Å². The molecule has 0 unspecified atom stereocenters. The van der Waals surface area contributed by atoms with E-state index >= 15 is 0 Å². The van der Waals surface area contributed by atoms with E-state index < -0.39 is 17.8 Å². The van der Waals surface area contributed by atoms with Crippen molar-refractivity contribution in [1.29, 1.82) is 5.26 Å². The third-order valence-corrected chi connectivity index (χ3v) is 4.60. The second kappa shape index (κ2) is 11.5. The summed E-state index contributed by atoms with van der Waals surface area (Å²) < 4.78 is 38.6. The Balaban J connectivity index is 1.91. The zero-order chi connectivity index (χ0) is 26.1. The van der Waals surface area contributed by atoms with Gasteiger partial charge in [0.15, 0.2) is 0 Å². The molecule has 0 atom stereocenters. The van der Waals surface area contributed by atoms with E-state index in [1.54, 1.807) is 30.3 Å². The minimum Gasteiger partial charge on any atom is -0.481 e. The summed E-state index contributed by atoms with van der Waals surface area (Å²) in [6, 6.07) is 13.7. The molecule has 0 saturated carbocycles. The van der Waals surface area contributed by atoms with Crippen LogP contribution < -0.4 is 11.2 Å². The van der Waals surface area contributed by atoms with E-state index in [0.717, 1.165) is 6.07 Å². The zero-order valence-electron chi connectivity index (χ0n) is 18.6. The van der Waals surface area contributed by atoms with E-state index in [-0.39, 0.29) is 42.6 Å². The standard InChI is InChI=1S/C23H19F3N8O2/c24-23(25,26)20-6-2-5-16(31-20)12-29-13-19(34-28)18-10-17(15-4-1-3-14(9-15)11-27)32-22(33-18)30-8-7-21(35)36/h1-6,9-10,13H,7-8,12,28H2,(H,35,36)(H,30,32,33)/b29-13?,34-19+. The van der Waals surface area contributed by atoms with Crippen molar-refractivity contribution in [3.63, 3.8) is 0 Å². The number of halogens is 3.